The summed E-state index contributed by atoms with van der Waals surface area (Å²) < 4.78 is 4.69. The molecular weight excluding hydrogens is 589 g/mol. The molecule has 0 saturated heterocycles. The van der Waals surface area contributed by atoms with E-state index in [2.05, 4.69) is 106 Å². The fourth-order valence-corrected chi connectivity index (χ4v) is 7.94. The molecular formula is C42H22N6. The number of para-hydroxylation sites is 2. The Kier molecular flexibility index (Phi) is 4.82. The standard InChI is InChI=1S/C42H22N6/c43-23-24-15-17-26(18-16-24)38-39-32(12-7-21-44-39)45-42(46-38)47-34-14-6-4-11-29(34)36-35(47)22-31-28-10-3-5-13-33(28)48-40-27-9-2-1-8-25(27)19-20-30(40)37(36)41(31)48/h1-22H. The van der Waals surface area contributed by atoms with E-state index in [1.54, 1.807) is 6.20 Å². The van der Waals surface area contributed by atoms with Gasteiger partial charge in [-0.05, 0) is 47.9 Å². The molecule has 0 radical (unpaired) electrons. The molecule has 0 saturated carbocycles. The van der Waals surface area contributed by atoms with Crippen molar-refractivity contribution >= 4 is 81.7 Å². The molecule has 48 heavy (non-hydrogen) atoms. The first-order valence-electron chi connectivity index (χ1n) is 15.9. The molecule has 0 atom stereocenters. The van der Waals surface area contributed by atoms with Gasteiger partial charge in [0.25, 0.3) is 0 Å². The predicted octanol–water partition coefficient (Wildman–Crippen LogP) is 9.96. The molecule has 0 fully saturated rings. The van der Waals surface area contributed by atoms with Crippen LogP contribution in [0.15, 0.2) is 134 Å². The van der Waals surface area contributed by atoms with E-state index < -0.39 is 0 Å². The van der Waals surface area contributed by atoms with Crippen LogP contribution in [-0.2, 0) is 0 Å². The zero-order valence-electron chi connectivity index (χ0n) is 25.4. The molecule has 0 aliphatic rings. The number of benzene rings is 6. The zero-order valence-corrected chi connectivity index (χ0v) is 25.4. The van der Waals surface area contributed by atoms with Gasteiger partial charge in [0.05, 0.1) is 44.7 Å². The van der Waals surface area contributed by atoms with Gasteiger partial charge in [0.15, 0.2) is 0 Å². The van der Waals surface area contributed by atoms with Gasteiger partial charge < -0.3 is 4.40 Å². The number of fused-ring (bicyclic) bond motifs is 13. The Morgan fingerprint density at radius 3 is 2.19 bits per heavy atom. The van der Waals surface area contributed by atoms with Crippen LogP contribution < -0.4 is 0 Å². The lowest BCUT2D eigenvalue weighted by Crippen LogP contribution is -2.04. The van der Waals surface area contributed by atoms with E-state index in [0.29, 0.717) is 11.5 Å². The third-order valence-corrected chi connectivity index (χ3v) is 9.92. The molecule has 11 aromatic rings. The van der Waals surface area contributed by atoms with Gasteiger partial charge >= 0.3 is 0 Å². The van der Waals surface area contributed by atoms with Gasteiger partial charge in [-0.25, -0.2) is 9.97 Å². The van der Waals surface area contributed by atoms with Gasteiger partial charge in [0.1, 0.15) is 11.2 Å². The highest BCUT2D eigenvalue weighted by molar-refractivity contribution is 6.37. The van der Waals surface area contributed by atoms with Crippen LogP contribution in [0.3, 0.4) is 0 Å². The number of hydrogen-bond acceptors (Lipinski definition) is 4. The van der Waals surface area contributed by atoms with E-state index in [4.69, 9.17) is 15.0 Å². The predicted molar refractivity (Wildman–Crippen MR) is 194 cm³/mol. The van der Waals surface area contributed by atoms with Crippen molar-refractivity contribution in [3.8, 4) is 23.3 Å². The summed E-state index contributed by atoms with van der Waals surface area (Å²) in [5, 5.41) is 19.1. The van der Waals surface area contributed by atoms with Crippen LogP contribution in [0.2, 0.25) is 0 Å². The quantitative estimate of drug-likeness (QED) is 0.195. The summed E-state index contributed by atoms with van der Waals surface area (Å²) in [6.45, 7) is 0. The van der Waals surface area contributed by atoms with Crippen LogP contribution in [0.25, 0.3) is 98.9 Å². The van der Waals surface area contributed by atoms with Crippen molar-refractivity contribution in [3.05, 3.63) is 139 Å². The van der Waals surface area contributed by atoms with Gasteiger partial charge in [-0.3, -0.25) is 9.55 Å². The molecule has 0 bridgehead atoms. The van der Waals surface area contributed by atoms with Crippen LogP contribution in [-0.4, -0.2) is 23.9 Å². The molecule has 5 heterocycles. The molecule has 6 nitrogen and oxygen atoms in total. The van der Waals surface area contributed by atoms with E-state index in [-0.39, 0.29) is 0 Å². The zero-order chi connectivity index (χ0) is 31.5. The lowest BCUT2D eigenvalue weighted by molar-refractivity contribution is 1.01. The largest absolute Gasteiger partial charge is 0.307 e. The second kappa shape index (κ2) is 9.12. The highest BCUT2D eigenvalue weighted by atomic mass is 15.2. The van der Waals surface area contributed by atoms with E-state index in [9.17, 15) is 5.26 Å². The maximum absolute atomic E-state index is 9.43. The molecule has 220 valence electrons. The van der Waals surface area contributed by atoms with Crippen LogP contribution in [0.5, 0.6) is 0 Å². The van der Waals surface area contributed by atoms with Gasteiger partial charge in [-0.1, -0.05) is 84.9 Å². The van der Waals surface area contributed by atoms with E-state index in [1.807, 2.05) is 36.4 Å². The minimum Gasteiger partial charge on any atom is -0.307 e. The third-order valence-electron chi connectivity index (χ3n) is 9.92. The summed E-state index contributed by atoms with van der Waals surface area (Å²) in [4.78, 5) is 15.1. The minimum atomic E-state index is 0.577. The van der Waals surface area contributed by atoms with Crippen molar-refractivity contribution in [2.24, 2.45) is 0 Å². The van der Waals surface area contributed by atoms with Crippen molar-refractivity contribution < 1.29 is 0 Å². The van der Waals surface area contributed by atoms with Crippen molar-refractivity contribution in [2.45, 2.75) is 0 Å². The fourth-order valence-electron chi connectivity index (χ4n) is 7.94. The topological polar surface area (TPSA) is 71.8 Å². The first-order chi connectivity index (χ1) is 23.8. The SMILES string of the molecule is N#Cc1ccc(-c2nc(-n3c4ccccc4c4c5c6ccc7ccccc7c6n6c7ccccc7c(cc43)c56)nc3cccnc23)cc1. The number of nitriles is 1. The second-order valence-electron chi connectivity index (χ2n) is 12.4. The maximum Gasteiger partial charge on any atom is 0.235 e. The van der Waals surface area contributed by atoms with Crippen LogP contribution in [0.1, 0.15) is 5.56 Å². The van der Waals surface area contributed by atoms with E-state index in [0.717, 1.165) is 38.7 Å². The van der Waals surface area contributed by atoms with Crippen molar-refractivity contribution in [1.82, 2.24) is 23.9 Å². The summed E-state index contributed by atoms with van der Waals surface area (Å²) in [5.74, 6) is 0.577. The number of rotatable bonds is 2. The smallest absolute Gasteiger partial charge is 0.235 e. The molecule has 0 amide bonds. The normalized spacial score (nSPS) is 12.1. The van der Waals surface area contributed by atoms with Crippen LogP contribution >= 0.6 is 0 Å². The highest BCUT2D eigenvalue weighted by Crippen LogP contribution is 2.47. The second-order valence-corrected chi connectivity index (χ2v) is 12.4. The minimum absolute atomic E-state index is 0.577. The van der Waals surface area contributed by atoms with Crippen LogP contribution in [0.4, 0.5) is 0 Å². The van der Waals surface area contributed by atoms with E-state index in [1.165, 1.54) is 54.3 Å². The maximum atomic E-state index is 9.43. The molecule has 0 unspecified atom stereocenters. The van der Waals surface area contributed by atoms with Crippen molar-refractivity contribution in [1.29, 1.82) is 5.26 Å². The molecule has 5 aromatic heterocycles. The van der Waals surface area contributed by atoms with Gasteiger partial charge in [0.2, 0.25) is 5.95 Å². The monoisotopic (exact) mass is 610 g/mol. The average molecular weight is 611 g/mol. The lowest BCUT2D eigenvalue weighted by Gasteiger charge is -2.11. The summed E-state index contributed by atoms with van der Waals surface area (Å²) >= 11 is 0. The number of pyridine rings is 1. The Hall–Kier alpha value is -6.84. The lowest BCUT2D eigenvalue weighted by atomic mass is 10.0. The van der Waals surface area contributed by atoms with Crippen molar-refractivity contribution in [3.63, 3.8) is 0 Å². The molecule has 11 rings (SSSR count). The highest BCUT2D eigenvalue weighted by Gasteiger charge is 2.26. The molecule has 6 heteroatoms. The first-order valence-corrected chi connectivity index (χ1v) is 15.9. The summed E-state index contributed by atoms with van der Waals surface area (Å²) in [6, 6.07) is 46.5. The Labute approximate surface area is 272 Å². The molecule has 0 aliphatic heterocycles. The van der Waals surface area contributed by atoms with Gasteiger partial charge in [-0.2, -0.15) is 5.26 Å². The van der Waals surface area contributed by atoms with Gasteiger partial charge in [0, 0.05) is 49.5 Å². The van der Waals surface area contributed by atoms with E-state index >= 15 is 0 Å². The average Bonchev–Trinajstić information content (AvgIpc) is 3.79. The van der Waals surface area contributed by atoms with Crippen LogP contribution in [0, 0.1) is 11.3 Å². The first kappa shape index (κ1) is 25.4. The molecule has 0 N–H and O–H groups in total. The Balaban J connectivity index is 1.35. The summed E-state index contributed by atoms with van der Waals surface area (Å²) in [7, 11) is 0. The fraction of sp³-hybridized carbons (Fsp3) is 0. The summed E-state index contributed by atoms with van der Waals surface area (Å²) in [5.41, 5.74) is 9.44. The Morgan fingerprint density at radius 1 is 0.562 bits per heavy atom. The molecule has 0 spiro atoms. The Morgan fingerprint density at radius 2 is 1.33 bits per heavy atom. The molecule has 6 aromatic carbocycles. The number of nitrogens with zero attached hydrogens (tertiary/aromatic N) is 6. The summed E-state index contributed by atoms with van der Waals surface area (Å²) in [6.07, 6.45) is 1.77. The number of aromatic nitrogens is 5. The van der Waals surface area contributed by atoms with Gasteiger partial charge in [-0.15, -0.1) is 0 Å². The van der Waals surface area contributed by atoms with Crippen molar-refractivity contribution in [2.75, 3.05) is 0 Å². The number of hydrogen-bond donors (Lipinski definition) is 0. The Bertz CT molecular complexity index is 3180. The third kappa shape index (κ3) is 3.17. The molecule has 0 aliphatic carbocycles.